The van der Waals surface area contributed by atoms with Crippen LogP contribution in [0.4, 0.5) is 0 Å². The van der Waals surface area contributed by atoms with Gasteiger partial charge in [-0.15, -0.1) is 20.4 Å². The number of hydrogen-bond donors (Lipinski definition) is 4. The summed E-state index contributed by atoms with van der Waals surface area (Å²) >= 11 is 0. The second kappa shape index (κ2) is 21.4. The first-order valence-electron chi connectivity index (χ1n) is 21.5. The molecule has 4 N–H and O–H groups in total. The minimum atomic E-state index is -0.768. The first-order valence-corrected chi connectivity index (χ1v) is 21.5. The number of esters is 2. The van der Waals surface area contributed by atoms with Crippen LogP contribution < -0.4 is 21.3 Å². The van der Waals surface area contributed by atoms with Crippen molar-refractivity contribution in [3.8, 4) is 0 Å². The molecule has 330 valence electrons. The maximum atomic E-state index is 13.2. The third-order valence-corrected chi connectivity index (χ3v) is 13.2. The molecule has 59 heavy (non-hydrogen) atoms. The molecular formula is C43H72N10O6. The highest BCUT2D eigenvalue weighted by Crippen LogP contribution is 2.35. The summed E-state index contributed by atoms with van der Waals surface area (Å²) < 4.78 is 13.8. The van der Waals surface area contributed by atoms with Gasteiger partial charge >= 0.3 is 11.9 Å². The lowest BCUT2D eigenvalue weighted by molar-refractivity contribution is -0.147. The van der Waals surface area contributed by atoms with E-state index < -0.39 is 22.7 Å². The minimum absolute atomic E-state index is 0. The van der Waals surface area contributed by atoms with Gasteiger partial charge in [0.25, 0.3) is 0 Å². The van der Waals surface area contributed by atoms with E-state index in [9.17, 15) is 19.2 Å². The molecule has 4 aliphatic rings. The third-order valence-electron chi connectivity index (χ3n) is 13.2. The molecule has 16 heteroatoms. The summed E-state index contributed by atoms with van der Waals surface area (Å²) in [5, 5.41) is 30.5. The lowest BCUT2D eigenvalue weighted by atomic mass is 9.80. The van der Waals surface area contributed by atoms with Crippen molar-refractivity contribution in [1.29, 1.82) is 0 Å². The van der Waals surface area contributed by atoms with Crippen LogP contribution in [0.15, 0.2) is 6.08 Å². The Labute approximate surface area is 351 Å². The quantitative estimate of drug-likeness (QED) is 0.213. The minimum Gasteiger partial charge on any atom is -0.469 e. The van der Waals surface area contributed by atoms with E-state index in [1.165, 1.54) is 27.1 Å². The van der Waals surface area contributed by atoms with Crippen LogP contribution in [0.5, 0.6) is 0 Å². The zero-order valence-corrected chi connectivity index (χ0v) is 36.1. The van der Waals surface area contributed by atoms with Gasteiger partial charge in [-0.3, -0.25) is 19.2 Å². The Morgan fingerprint density at radius 1 is 0.746 bits per heavy atom. The van der Waals surface area contributed by atoms with Crippen molar-refractivity contribution in [2.45, 2.75) is 149 Å². The van der Waals surface area contributed by atoms with Crippen LogP contribution >= 0.6 is 0 Å². The molecule has 0 bridgehead atoms. The summed E-state index contributed by atoms with van der Waals surface area (Å²) in [4.78, 5) is 49.9. The molecule has 6 atom stereocenters. The van der Waals surface area contributed by atoms with E-state index >= 15 is 0 Å². The average molecular weight is 825 g/mol. The molecule has 2 saturated heterocycles. The van der Waals surface area contributed by atoms with Gasteiger partial charge in [-0.2, -0.15) is 0 Å². The summed E-state index contributed by atoms with van der Waals surface area (Å²) in [7, 11) is 2.72. The molecule has 0 aliphatic carbocycles. The Morgan fingerprint density at radius 3 is 1.75 bits per heavy atom. The summed E-state index contributed by atoms with van der Waals surface area (Å²) in [6, 6.07) is -0.645. The van der Waals surface area contributed by atoms with Gasteiger partial charge in [0.05, 0.1) is 26.1 Å². The van der Waals surface area contributed by atoms with E-state index in [-0.39, 0.29) is 43.3 Å². The van der Waals surface area contributed by atoms with Crippen LogP contribution in [0, 0.1) is 23.7 Å². The van der Waals surface area contributed by atoms with Crippen LogP contribution in [0.2, 0.25) is 0 Å². The molecule has 4 unspecified atom stereocenters. The van der Waals surface area contributed by atoms with E-state index in [2.05, 4.69) is 62.9 Å². The number of carbonyl (C=O) groups excluding carboxylic acids is 4. The fourth-order valence-corrected chi connectivity index (χ4v) is 8.59. The number of amides is 2. The first-order chi connectivity index (χ1) is 27.7. The molecule has 2 amide bonds. The summed E-state index contributed by atoms with van der Waals surface area (Å²) in [6.45, 7) is 17.0. The van der Waals surface area contributed by atoms with Crippen molar-refractivity contribution < 1.29 is 28.7 Å². The van der Waals surface area contributed by atoms with Crippen molar-refractivity contribution in [2.24, 2.45) is 23.7 Å². The Balaban J connectivity index is 0.000000256. The molecule has 0 spiro atoms. The van der Waals surface area contributed by atoms with Crippen molar-refractivity contribution in [3.05, 3.63) is 29.4 Å². The summed E-state index contributed by atoms with van der Waals surface area (Å²) in [5.41, 5.74) is -1.50. The Morgan fingerprint density at radius 2 is 1.22 bits per heavy atom. The van der Waals surface area contributed by atoms with Crippen molar-refractivity contribution in [3.63, 3.8) is 0 Å². The number of rotatable bonds is 13. The number of hydrogen-bond acceptors (Lipinski definition) is 12. The number of ether oxygens (including phenoxy) is 2. The van der Waals surface area contributed by atoms with Crippen molar-refractivity contribution >= 4 is 29.8 Å². The molecule has 0 saturated carbocycles. The van der Waals surface area contributed by atoms with Gasteiger partial charge in [-0.05, 0) is 143 Å². The SMILES string of the molecule is C.COC(=O)[C@@H](C)C(C)NC(=O)C1(C)CCCn2c(/C=C/C3CCNCC3)nnc21.COC(=O)[C@@H](C)C(C)NC(=O)C1(C)CCCn2c(CCC3CCNCC3)nnc21. The molecule has 0 radical (unpaired) electrons. The first kappa shape index (κ1) is 47.5. The summed E-state index contributed by atoms with van der Waals surface area (Å²) in [5.74, 6) is 2.85. The third kappa shape index (κ3) is 11.2. The highest BCUT2D eigenvalue weighted by molar-refractivity contribution is 5.88. The second-order valence-electron chi connectivity index (χ2n) is 17.3. The number of aromatic nitrogens is 6. The second-order valence-corrected chi connectivity index (χ2v) is 17.3. The molecule has 6 heterocycles. The van der Waals surface area contributed by atoms with Gasteiger partial charge in [-0.25, -0.2) is 0 Å². The number of methoxy groups -OCH3 is 2. The number of carbonyl (C=O) groups is 4. The van der Waals surface area contributed by atoms with Gasteiger partial charge < -0.3 is 39.9 Å². The highest BCUT2D eigenvalue weighted by atomic mass is 16.5. The molecule has 0 aromatic carbocycles. The van der Waals surface area contributed by atoms with Gasteiger partial charge in [-0.1, -0.05) is 13.5 Å². The van der Waals surface area contributed by atoms with E-state index in [0.717, 1.165) is 108 Å². The van der Waals surface area contributed by atoms with Crippen LogP contribution in [-0.4, -0.2) is 106 Å². The van der Waals surface area contributed by atoms with Gasteiger partial charge in [0.1, 0.15) is 28.3 Å². The number of nitrogens with one attached hydrogen (secondary N) is 4. The fourth-order valence-electron chi connectivity index (χ4n) is 8.59. The smallest absolute Gasteiger partial charge is 0.310 e. The zero-order valence-electron chi connectivity index (χ0n) is 36.1. The summed E-state index contributed by atoms with van der Waals surface area (Å²) in [6.07, 6.45) is 14.2. The Kier molecular flexibility index (Phi) is 17.2. The largest absolute Gasteiger partial charge is 0.469 e. The Hall–Kier alpha value is -4.18. The molecular weight excluding hydrogens is 753 g/mol. The molecule has 2 fully saturated rings. The van der Waals surface area contributed by atoms with E-state index in [4.69, 9.17) is 9.47 Å². The molecule has 16 nitrogen and oxygen atoms in total. The number of nitrogens with zero attached hydrogens (tertiary/aromatic N) is 6. The van der Waals surface area contributed by atoms with Crippen molar-refractivity contribution in [1.82, 2.24) is 50.8 Å². The predicted octanol–water partition coefficient (Wildman–Crippen LogP) is 3.87. The maximum absolute atomic E-state index is 13.2. The lowest BCUT2D eigenvalue weighted by Crippen LogP contribution is -2.51. The molecule has 2 aromatic heterocycles. The van der Waals surface area contributed by atoms with Gasteiger partial charge in [0.2, 0.25) is 11.8 Å². The van der Waals surface area contributed by atoms with Crippen LogP contribution in [0.3, 0.4) is 0 Å². The predicted molar refractivity (Wildman–Crippen MR) is 226 cm³/mol. The van der Waals surface area contributed by atoms with Gasteiger partial charge in [0, 0.05) is 31.6 Å². The Bertz CT molecular complexity index is 1750. The van der Waals surface area contributed by atoms with Crippen LogP contribution in [0.25, 0.3) is 6.08 Å². The van der Waals surface area contributed by atoms with Gasteiger partial charge in [0.15, 0.2) is 5.82 Å². The van der Waals surface area contributed by atoms with E-state index in [1.54, 1.807) is 13.8 Å². The van der Waals surface area contributed by atoms with Crippen LogP contribution in [0.1, 0.15) is 130 Å². The fraction of sp³-hybridized carbons (Fsp3) is 0.767. The lowest BCUT2D eigenvalue weighted by Gasteiger charge is -2.34. The highest BCUT2D eigenvalue weighted by Gasteiger charge is 2.45. The monoisotopic (exact) mass is 825 g/mol. The topological polar surface area (TPSA) is 196 Å². The maximum Gasteiger partial charge on any atom is 0.310 e. The zero-order chi connectivity index (χ0) is 42.0. The van der Waals surface area contributed by atoms with E-state index in [1.807, 2.05) is 27.7 Å². The number of aryl methyl sites for hydroxylation is 1. The molecule has 6 rings (SSSR count). The molecule has 2 aromatic rings. The normalized spacial score (nSPS) is 24.1. The molecule has 4 aliphatic heterocycles. The van der Waals surface area contributed by atoms with Crippen molar-refractivity contribution in [2.75, 3.05) is 40.4 Å². The standard InChI is InChI=1S/C21H35N5O3.C21H33N5O3.CH4/c2*1-14(18(27)29-4)15(2)23-20(28)21(3)10-5-13-26-17(24-25-19(21)26)7-6-16-8-11-22-12-9-16;/h14-16,22H,5-13H2,1-4H3,(H,23,28);6-7,14-16,22H,5,8-13H2,1-4H3,(H,23,28);1H4/b;7-6+;/t2*14-,15?,21?;/m00./s1. The van der Waals surface area contributed by atoms with E-state index in [0.29, 0.717) is 18.2 Å². The average Bonchev–Trinajstić information content (AvgIpc) is 3.87. The number of piperidine rings is 2. The van der Waals surface area contributed by atoms with Crippen LogP contribution in [-0.2, 0) is 59.0 Å². The number of fused-ring (bicyclic) bond motifs is 2. The number of allylic oxidation sites excluding steroid dienone is 1.